The van der Waals surface area contributed by atoms with Gasteiger partial charge >= 0.3 is 0 Å². The van der Waals surface area contributed by atoms with E-state index in [0.29, 0.717) is 0 Å². The van der Waals surface area contributed by atoms with Crippen molar-refractivity contribution < 1.29 is 27.8 Å². The second-order valence-electron chi connectivity index (χ2n) is 3.43. The van der Waals surface area contributed by atoms with Crippen LogP contribution in [0.15, 0.2) is 18.2 Å². The highest BCUT2D eigenvalue weighted by molar-refractivity contribution is 5.90. The molecule has 1 aromatic carbocycles. The Kier molecular flexibility index (Phi) is 5.44. The van der Waals surface area contributed by atoms with E-state index in [0.717, 1.165) is 6.07 Å². The smallest absolute Gasteiger partial charge is 0.261 e. The van der Waals surface area contributed by atoms with Gasteiger partial charge in [0, 0.05) is 6.07 Å². The Morgan fingerprint density at radius 1 is 1.44 bits per heavy atom. The zero-order chi connectivity index (χ0) is 13.5. The number of nitrogens with one attached hydrogen (secondary N) is 1. The summed E-state index contributed by atoms with van der Waals surface area (Å²) in [6.45, 7) is -0.906. The van der Waals surface area contributed by atoms with Gasteiger partial charge in [-0.15, -0.1) is 0 Å². The SMILES string of the molecule is O=C(CCOCC(F)F)Nc1ccc(O)cc1F. The molecule has 0 fully saturated rings. The fourth-order valence-electron chi connectivity index (χ4n) is 1.16. The van der Waals surface area contributed by atoms with Crippen LogP contribution in [0.5, 0.6) is 5.75 Å². The summed E-state index contributed by atoms with van der Waals surface area (Å²) in [6.07, 6.45) is -2.74. The van der Waals surface area contributed by atoms with Crippen molar-refractivity contribution in [1.82, 2.24) is 0 Å². The number of benzene rings is 1. The number of rotatable bonds is 6. The van der Waals surface area contributed by atoms with Gasteiger partial charge in [-0.2, -0.15) is 0 Å². The predicted octanol–water partition coefficient (Wildman–Crippen LogP) is 2.14. The van der Waals surface area contributed by atoms with E-state index >= 15 is 0 Å². The first-order chi connectivity index (χ1) is 8.49. The van der Waals surface area contributed by atoms with Crippen LogP contribution in [0.3, 0.4) is 0 Å². The van der Waals surface area contributed by atoms with Crippen LogP contribution in [0.25, 0.3) is 0 Å². The van der Waals surface area contributed by atoms with Gasteiger partial charge < -0.3 is 15.2 Å². The Labute approximate surface area is 101 Å². The zero-order valence-electron chi connectivity index (χ0n) is 9.33. The summed E-state index contributed by atoms with van der Waals surface area (Å²) >= 11 is 0. The molecule has 1 rings (SSSR count). The van der Waals surface area contributed by atoms with Gasteiger partial charge in [0.05, 0.1) is 18.7 Å². The van der Waals surface area contributed by atoms with Crippen LogP contribution in [0.2, 0.25) is 0 Å². The lowest BCUT2D eigenvalue weighted by molar-refractivity contribution is -0.117. The van der Waals surface area contributed by atoms with Crippen molar-refractivity contribution in [2.24, 2.45) is 0 Å². The number of alkyl halides is 2. The summed E-state index contributed by atoms with van der Waals surface area (Å²) < 4.78 is 41.1. The molecule has 0 bridgehead atoms. The van der Waals surface area contributed by atoms with Crippen LogP contribution in [-0.4, -0.2) is 30.7 Å². The lowest BCUT2D eigenvalue weighted by Crippen LogP contribution is -2.16. The molecule has 2 N–H and O–H groups in total. The molecule has 0 aromatic heterocycles. The topological polar surface area (TPSA) is 58.6 Å². The highest BCUT2D eigenvalue weighted by Crippen LogP contribution is 2.19. The number of hydrogen-bond acceptors (Lipinski definition) is 3. The molecule has 1 aromatic rings. The van der Waals surface area contributed by atoms with Gasteiger partial charge in [-0.3, -0.25) is 4.79 Å². The van der Waals surface area contributed by atoms with Gasteiger partial charge in [-0.1, -0.05) is 0 Å². The van der Waals surface area contributed by atoms with Crippen LogP contribution in [0.1, 0.15) is 6.42 Å². The van der Waals surface area contributed by atoms with E-state index in [4.69, 9.17) is 5.11 Å². The number of hydrogen-bond donors (Lipinski definition) is 2. The van der Waals surface area contributed by atoms with E-state index in [2.05, 4.69) is 10.1 Å². The van der Waals surface area contributed by atoms with Gasteiger partial charge in [0.1, 0.15) is 18.2 Å². The maximum Gasteiger partial charge on any atom is 0.261 e. The van der Waals surface area contributed by atoms with Crippen molar-refractivity contribution in [1.29, 1.82) is 0 Å². The van der Waals surface area contributed by atoms with Crippen molar-refractivity contribution >= 4 is 11.6 Å². The van der Waals surface area contributed by atoms with Crippen molar-refractivity contribution in [2.45, 2.75) is 12.8 Å². The van der Waals surface area contributed by atoms with Gasteiger partial charge in [0.25, 0.3) is 6.43 Å². The third-order valence-corrected chi connectivity index (χ3v) is 1.94. The monoisotopic (exact) mass is 263 g/mol. The first-order valence-electron chi connectivity index (χ1n) is 5.13. The lowest BCUT2D eigenvalue weighted by Gasteiger charge is -2.07. The minimum absolute atomic E-state index is 0.0911. The molecule has 1 amide bonds. The molecular formula is C11H12F3NO3. The van der Waals surface area contributed by atoms with Gasteiger partial charge in [0.2, 0.25) is 5.91 Å². The highest BCUT2D eigenvalue weighted by atomic mass is 19.3. The predicted molar refractivity (Wildman–Crippen MR) is 58.1 cm³/mol. The minimum Gasteiger partial charge on any atom is -0.508 e. The number of aromatic hydroxyl groups is 1. The molecule has 0 atom stereocenters. The molecule has 0 saturated carbocycles. The molecule has 18 heavy (non-hydrogen) atoms. The van der Waals surface area contributed by atoms with Crippen LogP contribution in [0, 0.1) is 5.82 Å². The number of amides is 1. The van der Waals surface area contributed by atoms with Gasteiger partial charge in [0.15, 0.2) is 0 Å². The number of carbonyl (C=O) groups is 1. The Balaban J connectivity index is 2.35. The van der Waals surface area contributed by atoms with E-state index in [1.807, 2.05) is 0 Å². The Morgan fingerprint density at radius 2 is 2.17 bits per heavy atom. The van der Waals surface area contributed by atoms with Crippen LogP contribution < -0.4 is 5.32 Å². The van der Waals surface area contributed by atoms with E-state index in [-0.39, 0.29) is 24.5 Å². The summed E-state index contributed by atoms with van der Waals surface area (Å²) in [4.78, 5) is 11.3. The standard InChI is InChI=1S/C11H12F3NO3/c12-8-5-7(16)1-2-9(8)15-11(17)3-4-18-6-10(13)14/h1-2,5,10,16H,3-4,6H2,(H,15,17). The first-order valence-corrected chi connectivity index (χ1v) is 5.13. The molecule has 0 heterocycles. The number of halogens is 3. The van der Waals surface area contributed by atoms with E-state index < -0.39 is 24.8 Å². The van der Waals surface area contributed by atoms with E-state index in [1.54, 1.807) is 0 Å². The molecule has 4 nitrogen and oxygen atoms in total. The summed E-state index contributed by atoms with van der Waals surface area (Å²) in [5.41, 5.74) is -0.0911. The van der Waals surface area contributed by atoms with Gasteiger partial charge in [-0.05, 0) is 12.1 Å². The number of anilines is 1. The quantitative estimate of drug-likeness (QED) is 0.610. The normalized spacial score (nSPS) is 10.7. The van der Waals surface area contributed by atoms with Gasteiger partial charge in [-0.25, -0.2) is 13.2 Å². The first kappa shape index (κ1) is 14.3. The second-order valence-corrected chi connectivity index (χ2v) is 3.43. The summed E-state index contributed by atoms with van der Waals surface area (Å²) in [7, 11) is 0. The largest absolute Gasteiger partial charge is 0.508 e. The number of ether oxygens (including phenoxy) is 1. The van der Waals surface area contributed by atoms with Crippen molar-refractivity contribution in [3.8, 4) is 5.75 Å². The molecular weight excluding hydrogens is 251 g/mol. The molecule has 100 valence electrons. The van der Waals surface area contributed by atoms with Crippen LogP contribution >= 0.6 is 0 Å². The Hall–Kier alpha value is -1.76. The maximum atomic E-state index is 13.2. The van der Waals surface area contributed by atoms with Crippen molar-refractivity contribution in [3.05, 3.63) is 24.0 Å². The zero-order valence-corrected chi connectivity index (χ0v) is 9.33. The third kappa shape index (κ3) is 5.05. The lowest BCUT2D eigenvalue weighted by atomic mass is 10.2. The molecule has 0 unspecified atom stereocenters. The molecule has 0 aliphatic heterocycles. The van der Waals surface area contributed by atoms with Crippen LogP contribution in [0.4, 0.5) is 18.9 Å². The molecule has 0 aliphatic rings. The Morgan fingerprint density at radius 3 is 2.78 bits per heavy atom. The summed E-state index contributed by atoms with van der Waals surface area (Å²) in [5, 5.41) is 11.2. The summed E-state index contributed by atoms with van der Waals surface area (Å²) in [6, 6.07) is 3.26. The maximum absolute atomic E-state index is 13.2. The molecule has 0 aliphatic carbocycles. The van der Waals surface area contributed by atoms with E-state index in [1.165, 1.54) is 12.1 Å². The number of phenols is 1. The molecule has 7 heteroatoms. The fraction of sp³-hybridized carbons (Fsp3) is 0.364. The average Bonchev–Trinajstić information content (AvgIpc) is 2.28. The number of phenolic OH excluding ortho intramolecular Hbond substituents is 1. The van der Waals surface area contributed by atoms with Crippen molar-refractivity contribution in [3.63, 3.8) is 0 Å². The molecule has 0 radical (unpaired) electrons. The highest BCUT2D eigenvalue weighted by Gasteiger charge is 2.08. The van der Waals surface area contributed by atoms with Crippen molar-refractivity contribution in [2.75, 3.05) is 18.5 Å². The third-order valence-electron chi connectivity index (χ3n) is 1.94. The molecule has 0 spiro atoms. The molecule has 0 saturated heterocycles. The van der Waals surface area contributed by atoms with E-state index in [9.17, 15) is 18.0 Å². The minimum atomic E-state index is -2.58. The average molecular weight is 263 g/mol. The second kappa shape index (κ2) is 6.85. The Bertz CT molecular complexity index is 413. The van der Waals surface area contributed by atoms with Crippen LogP contribution in [-0.2, 0) is 9.53 Å². The summed E-state index contributed by atoms with van der Waals surface area (Å²) in [5.74, 6) is -1.60. The number of carbonyl (C=O) groups excluding carboxylic acids is 1. The fourth-order valence-corrected chi connectivity index (χ4v) is 1.16.